The fourth-order valence-electron chi connectivity index (χ4n) is 4.30. The largest absolute Gasteiger partial charge is 0.463 e. The highest BCUT2D eigenvalue weighted by Crippen LogP contribution is 2.15. The number of rotatable bonds is 14. The summed E-state index contributed by atoms with van der Waals surface area (Å²) < 4.78 is 26.3. The van der Waals surface area contributed by atoms with Gasteiger partial charge in [-0.05, 0) is 5.92 Å². The van der Waals surface area contributed by atoms with Gasteiger partial charge in [0.05, 0.1) is 32.6 Å². The average Bonchev–Trinajstić information content (AvgIpc) is 2.94. The summed E-state index contributed by atoms with van der Waals surface area (Å²) in [7, 11) is 3.09. The molecule has 2 aliphatic rings. The zero-order valence-corrected chi connectivity index (χ0v) is 24.8. The van der Waals surface area contributed by atoms with Crippen molar-refractivity contribution in [2.45, 2.75) is 64.6 Å². The van der Waals surface area contributed by atoms with Crippen LogP contribution < -0.4 is 0 Å². The van der Waals surface area contributed by atoms with Crippen LogP contribution in [0.25, 0.3) is 0 Å². The van der Waals surface area contributed by atoms with Crippen LogP contribution in [0.3, 0.4) is 0 Å². The van der Waals surface area contributed by atoms with Crippen LogP contribution in [0, 0.1) is 35.5 Å². The lowest BCUT2D eigenvalue weighted by Crippen LogP contribution is -2.44. The van der Waals surface area contributed by atoms with Gasteiger partial charge in [-0.1, -0.05) is 31.6 Å². The van der Waals surface area contributed by atoms with Crippen LogP contribution in [0.5, 0.6) is 0 Å². The van der Waals surface area contributed by atoms with Crippen LogP contribution in [0.2, 0.25) is 0 Å². The second-order valence-electron chi connectivity index (χ2n) is 10.1. The Labute approximate surface area is 243 Å². The number of methoxy groups -OCH3 is 2. The van der Waals surface area contributed by atoms with Gasteiger partial charge >= 0.3 is 11.9 Å². The number of carbonyl (C=O) groups is 4. The molecule has 0 fully saturated rings. The smallest absolute Gasteiger partial charge is 0.306 e. The zero-order chi connectivity index (χ0) is 30.0. The van der Waals surface area contributed by atoms with Gasteiger partial charge in [0.1, 0.15) is 25.4 Å². The quantitative estimate of drug-likeness (QED) is 0.172. The zero-order valence-electron chi connectivity index (χ0n) is 24.8. The van der Waals surface area contributed by atoms with Gasteiger partial charge in [-0.3, -0.25) is 19.2 Å². The van der Waals surface area contributed by atoms with Crippen LogP contribution in [-0.4, -0.2) is 113 Å². The molecule has 0 N–H and O–H groups in total. The summed E-state index contributed by atoms with van der Waals surface area (Å²) in [5.41, 5.74) is 0. The molecule has 0 spiro atoms. The van der Waals surface area contributed by atoms with Crippen molar-refractivity contribution in [3.05, 3.63) is 0 Å². The van der Waals surface area contributed by atoms with E-state index in [0.717, 1.165) is 0 Å². The maximum Gasteiger partial charge on any atom is 0.306 e. The fraction of sp³-hybridized carbons (Fsp3) is 0.733. The highest BCUT2D eigenvalue weighted by Gasteiger charge is 2.26. The van der Waals surface area contributed by atoms with Crippen molar-refractivity contribution in [3.63, 3.8) is 0 Å². The van der Waals surface area contributed by atoms with Gasteiger partial charge in [0.25, 0.3) is 0 Å². The maximum absolute atomic E-state index is 12.6. The molecule has 0 aromatic heterocycles. The molecule has 0 aliphatic carbocycles. The minimum Gasteiger partial charge on any atom is -0.463 e. The molecule has 2 heterocycles. The third-order valence-corrected chi connectivity index (χ3v) is 7.02. The molecule has 2 amide bonds. The Bertz CT molecular complexity index is 993. The van der Waals surface area contributed by atoms with Crippen molar-refractivity contribution in [1.82, 2.24) is 9.80 Å². The average molecular weight is 577 g/mol. The van der Waals surface area contributed by atoms with Crippen molar-refractivity contribution >= 4 is 23.8 Å². The van der Waals surface area contributed by atoms with Gasteiger partial charge in [0.15, 0.2) is 0 Å². The number of ether oxygens (including phenoxy) is 5. The molecule has 0 unspecified atom stereocenters. The summed E-state index contributed by atoms with van der Waals surface area (Å²) in [5.74, 6) is 11.6. The molecule has 2 rings (SSSR count). The first-order valence-corrected chi connectivity index (χ1v) is 14.2. The van der Waals surface area contributed by atoms with Crippen molar-refractivity contribution in [2.24, 2.45) is 11.8 Å². The Balaban J connectivity index is 1.53. The van der Waals surface area contributed by atoms with E-state index < -0.39 is 18.0 Å². The lowest BCUT2D eigenvalue weighted by atomic mass is 9.94. The van der Waals surface area contributed by atoms with Crippen molar-refractivity contribution in [2.75, 3.05) is 66.8 Å². The molecule has 0 saturated heterocycles. The SMILES string of the molecule is CO[C@H]1C#CCCN(C(=O)CCC(=O)OCCOCCOC(=O)CCC(=O)N2CCC#C[C@H](C)[C@@H](C)C2)C[C@@H]1OC. The van der Waals surface area contributed by atoms with E-state index in [1.54, 1.807) is 24.0 Å². The third kappa shape index (κ3) is 12.9. The number of nitrogens with zero attached hydrogens (tertiary/aromatic N) is 2. The van der Waals surface area contributed by atoms with Crippen molar-refractivity contribution in [1.29, 1.82) is 0 Å². The van der Waals surface area contributed by atoms with Crippen LogP contribution in [0.1, 0.15) is 52.4 Å². The molecule has 0 aromatic rings. The minimum atomic E-state index is -0.501. The molecule has 11 nitrogen and oxygen atoms in total. The van der Waals surface area contributed by atoms with E-state index in [1.807, 2.05) is 0 Å². The van der Waals surface area contributed by atoms with Gasteiger partial charge in [-0.25, -0.2) is 0 Å². The first-order chi connectivity index (χ1) is 19.7. The highest BCUT2D eigenvalue weighted by atomic mass is 16.6. The van der Waals surface area contributed by atoms with Gasteiger partial charge in [-0.2, -0.15) is 0 Å². The molecule has 4 atom stereocenters. The Kier molecular flexibility index (Phi) is 15.9. The molecular formula is C30H44N2O9. The Morgan fingerprint density at radius 2 is 1.24 bits per heavy atom. The van der Waals surface area contributed by atoms with Gasteiger partial charge in [0, 0.05) is 65.5 Å². The van der Waals surface area contributed by atoms with Crippen molar-refractivity contribution in [3.8, 4) is 23.7 Å². The number of amides is 2. The minimum absolute atomic E-state index is 0.00516. The predicted molar refractivity (Wildman–Crippen MR) is 149 cm³/mol. The number of carbonyl (C=O) groups excluding carboxylic acids is 4. The first-order valence-electron chi connectivity index (χ1n) is 14.2. The summed E-state index contributed by atoms with van der Waals surface area (Å²) in [6.07, 6.45) is 0.429. The maximum atomic E-state index is 12.6. The monoisotopic (exact) mass is 576 g/mol. The summed E-state index contributed by atoms with van der Waals surface area (Å²) in [6, 6.07) is 0. The lowest BCUT2D eigenvalue weighted by Gasteiger charge is -2.30. The molecule has 2 aliphatic heterocycles. The molecule has 0 radical (unpaired) electrons. The second-order valence-corrected chi connectivity index (χ2v) is 10.1. The first kappa shape index (κ1) is 34.1. The molecule has 228 valence electrons. The van der Waals surface area contributed by atoms with E-state index in [9.17, 15) is 19.2 Å². The summed E-state index contributed by atoms with van der Waals surface area (Å²) in [4.78, 5) is 52.6. The van der Waals surface area contributed by atoms with Crippen LogP contribution in [-0.2, 0) is 42.9 Å². The Morgan fingerprint density at radius 1 is 0.707 bits per heavy atom. The lowest BCUT2D eigenvalue weighted by molar-refractivity contribution is -0.149. The fourth-order valence-corrected chi connectivity index (χ4v) is 4.30. The number of hydrogen-bond donors (Lipinski definition) is 0. The predicted octanol–water partition coefficient (Wildman–Crippen LogP) is 1.42. The molecule has 0 bridgehead atoms. The van der Waals surface area contributed by atoms with Gasteiger partial charge < -0.3 is 33.5 Å². The molecule has 11 heteroatoms. The number of esters is 2. The standard InChI is InChI=1S/C30H44N2O9/c1-23-9-5-7-15-31(21-24(23)2)27(33)11-13-29(35)40-19-17-39-18-20-41-30(36)14-12-28(34)32-16-8-6-10-25(37-3)26(22-32)38-4/h23-26H,7-8,11-22H2,1-4H3/t23-,24-,25-,26-/m0/s1. The van der Waals surface area contributed by atoms with Gasteiger partial charge in [0.2, 0.25) is 11.8 Å². The molecular weight excluding hydrogens is 532 g/mol. The second kappa shape index (κ2) is 19.1. The summed E-state index contributed by atoms with van der Waals surface area (Å²) >= 11 is 0. The molecule has 0 saturated carbocycles. The number of hydrogen-bond acceptors (Lipinski definition) is 9. The van der Waals surface area contributed by atoms with Crippen LogP contribution >= 0.6 is 0 Å². The molecule has 41 heavy (non-hydrogen) atoms. The topological polar surface area (TPSA) is 121 Å². The normalized spacial score (nSPS) is 22.4. The highest BCUT2D eigenvalue weighted by molar-refractivity contribution is 5.82. The van der Waals surface area contributed by atoms with Crippen LogP contribution in [0.4, 0.5) is 0 Å². The third-order valence-electron chi connectivity index (χ3n) is 7.02. The van der Waals surface area contributed by atoms with E-state index in [-0.39, 0.29) is 81.9 Å². The van der Waals surface area contributed by atoms with E-state index in [2.05, 4.69) is 37.5 Å². The van der Waals surface area contributed by atoms with E-state index in [1.165, 1.54) is 0 Å². The van der Waals surface area contributed by atoms with Gasteiger partial charge in [-0.15, -0.1) is 5.92 Å². The Morgan fingerprint density at radius 3 is 1.78 bits per heavy atom. The van der Waals surface area contributed by atoms with E-state index >= 15 is 0 Å². The summed E-state index contributed by atoms with van der Waals surface area (Å²) in [6.45, 7) is 6.45. The Hall–Kier alpha value is -3.12. The summed E-state index contributed by atoms with van der Waals surface area (Å²) in [5, 5.41) is 0. The molecule has 0 aromatic carbocycles. The van der Waals surface area contributed by atoms with Crippen LogP contribution in [0.15, 0.2) is 0 Å². The van der Waals surface area contributed by atoms with E-state index in [0.29, 0.717) is 39.0 Å². The van der Waals surface area contributed by atoms with Crippen molar-refractivity contribution < 1.29 is 42.9 Å². The van der Waals surface area contributed by atoms with E-state index in [4.69, 9.17) is 23.7 Å².